The van der Waals surface area contributed by atoms with E-state index in [9.17, 15) is 0 Å². The smallest absolute Gasteiger partial charge is 0.151 e. The number of benzene rings is 1. The average Bonchev–Trinajstić information content (AvgIpc) is 2.97. The molecule has 3 aliphatic rings. The molecular weight excluding hydrogens is 248 g/mol. The Morgan fingerprint density at radius 3 is 2.85 bits per heavy atom. The van der Waals surface area contributed by atoms with Crippen LogP contribution in [0.15, 0.2) is 48.8 Å². The lowest BCUT2D eigenvalue weighted by atomic mass is 9.86. The van der Waals surface area contributed by atoms with Crippen molar-refractivity contribution in [3.05, 3.63) is 59.9 Å². The maximum atomic E-state index is 5.69. The van der Waals surface area contributed by atoms with Crippen LogP contribution in [0.4, 0.5) is 0 Å². The van der Waals surface area contributed by atoms with Crippen LogP contribution in [0.3, 0.4) is 0 Å². The Morgan fingerprint density at radius 1 is 1.25 bits per heavy atom. The number of nitrogens with one attached hydrogen (secondary N) is 1. The Balaban J connectivity index is 1.85. The fourth-order valence-electron chi connectivity index (χ4n) is 3.57. The van der Waals surface area contributed by atoms with Crippen molar-refractivity contribution in [2.75, 3.05) is 7.11 Å². The van der Waals surface area contributed by atoms with Crippen LogP contribution in [0, 0.1) is 0 Å². The van der Waals surface area contributed by atoms with E-state index in [4.69, 9.17) is 4.74 Å². The van der Waals surface area contributed by atoms with Crippen LogP contribution in [0.1, 0.15) is 24.0 Å². The van der Waals surface area contributed by atoms with Gasteiger partial charge in [-0.25, -0.2) is 0 Å². The molecule has 1 aromatic carbocycles. The average molecular weight is 266 g/mol. The fraction of sp³-hybridized carbons (Fsp3) is 0.294. The molecule has 0 saturated carbocycles. The van der Waals surface area contributed by atoms with Crippen molar-refractivity contribution in [3.8, 4) is 0 Å². The van der Waals surface area contributed by atoms with Gasteiger partial charge in [0.1, 0.15) is 0 Å². The molecule has 0 aromatic heterocycles. The summed E-state index contributed by atoms with van der Waals surface area (Å²) in [7, 11) is 1.78. The number of hydrogen-bond acceptors (Lipinski definition) is 3. The Morgan fingerprint density at radius 2 is 2.05 bits per heavy atom. The molecule has 0 bridgehead atoms. The first kappa shape index (κ1) is 11.8. The summed E-state index contributed by atoms with van der Waals surface area (Å²) in [4.78, 5) is 2.39. The number of rotatable bonds is 1. The third-order valence-corrected chi connectivity index (χ3v) is 4.58. The number of fused-ring (bicyclic) bond motifs is 4. The zero-order valence-corrected chi connectivity index (χ0v) is 11.5. The first-order valence-electron chi connectivity index (χ1n) is 7.06. The van der Waals surface area contributed by atoms with E-state index in [0.29, 0.717) is 0 Å². The summed E-state index contributed by atoms with van der Waals surface area (Å²) in [5.74, 6) is 0. The minimum absolute atomic E-state index is 0.0103. The highest BCUT2D eigenvalue weighted by Crippen LogP contribution is 2.44. The summed E-state index contributed by atoms with van der Waals surface area (Å²) in [6, 6.07) is 8.52. The molecule has 4 rings (SSSR count). The summed E-state index contributed by atoms with van der Waals surface area (Å²) in [5.41, 5.74) is 3.75. The molecule has 1 N–H and O–H groups in total. The lowest BCUT2D eigenvalue weighted by Gasteiger charge is -2.50. The van der Waals surface area contributed by atoms with E-state index in [-0.39, 0.29) is 11.8 Å². The van der Waals surface area contributed by atoms with Gasteiger partial charge in [0.25, 0.3) is 0 Å². The topological polar surface area (TPSA) is 24.5 Å². The van der Waals surface area contributed by atoms with Gasteiger partial charge in [-0.1, -0.05) is 36.4 Å². The van der Waals surface area contributed by atoms with Crippen LogP contribution in [0.2, 0.25) is 0 Å². The van der Waals surface area contributed by atoms with Gasteiger partial charge in [0.2, 0.25) is 0 Å². The fourth-order valence-corrected chi connectivity index (χ4v) is 3.57. The highest BCUT2D eigenvalue weighted by Gasteiger charge is 2.48. The molecule has 1 atom stereocenters. The Hall–Kier alpha value is -2.00. The van der Waals surface area contributed by atoms with E-state index in [0.717, 1.165) is 12.8 Å². The van der Waals surface area contributed by atoms with Gasteiger partial charge in [-0.3, -0.25) is 0 Å². The summed E-state index contributed by atoms with van der Waals surface area (Å²) in [6.45, 7) is 0. The predicted molar refractivity (Wildman–Crippen MR) is 80.3 cm³/mol. The molecule has 0 amide bonds. The molecule has 3 nitrogen and oxygen atoms in total. The van der Waals surface area contributed by atoms with Gasteiger partial charge >= 0.3 is 0 Å². The van der Waals surface area contributed by atoms with Crippen LogP contribution < -0.4 is 5.32 Å². The predicted octanol–water partition coefficient (Wildman–Crippen LogP) is 2.94. The second kappa shape index (κ2) is 4.25. The van der Waals surface area contributed by atoms with E-state index >= 15 is 0 Å². The zero-order chi connectivity index (χ0) is 13.6. The van der Waals surface area contributed by atoms with Crippen LogP contribution in [0.5, 0.6) is 0 Å². The normalized spacial score (nSPS) is 25.1. The van der Waals surface area contributed by atoms with Crippen molar-refractivity contribution >= 4 is 11.8 Å². The summed E-state index contributed by atoms with van der Waals surface area (Å²) in [6.07, 6.45) is 13.0. The third-order valence-electron chi connectivity index (χ3n) is 4.58. The van der Waals surface area contributed by atoms with E-state index < -0.39 is 0 Å². The van der Waals surface area contributed by atoms with Gasteiger partial charge in [-0.2, -0.15) is 0 Å². The zero-order valence-electron chi connectivity index (χ0n) is 11.5. The number of nitrogens with zero attached hydrogens (tertiary/aromatic N) is 1. The second-order valence-corrected chi connectivity index (χ2v) is 5.57. The molecule has 1 aliphatic carbocycles. The van der Waals surface area contributed by atoms with Gasteiger partial charge in [0, 0.05) is 25.1 Å². The lowest BCUT2D eigenvalue weighted by molar-refractivity contribution is -0.0305. The molecule has 2 aliphatic heterocycles. The number of ether oxygens (including phenoxy) is 1. The van der Waals surface area contributed by atoms with Crippen LogP contribution in [0.25, 0.3) is 11.8 Å². The van der Waals surface area contributed by atoms with Crippen molar-refractivity contribution < 1.29 is 4.74 Å². The summed E-state index contributed by atoms with van der Waals surface area (Å²) in [5, 5.41) is 3.44. The van der Waals surface area contributed by atoms with E-state index in [1.165, 1.54) is 16.8 Å². The largest absolute Gasteiger partial charge is 0.362 e. The van der Waals surface area contributed by atoms with Crippen molar-refractivity contribution in [1.29, 1.82) is 0 Å². The van der Waals surface area contributed by atoms with E-state index in [2.05, 4.69) is 65.1 Å². The van der Waals surface area contributed by atoms with E-state index in [1.54, 1.807) is 7.11 Å². The van der Waals surface area contributed by atoms with Gasteiger partial charge in [0.15, 0.2) is 6.23 Å². The van der Waals surface area contributed by atoms with Crippen molar-refractivity contribution in [2.24, 2.45) is 0 Å². The molecule has 0 saturated heterocycles. The van der Waals surface area contributed by atoms with Gasteiger partial charge in [-0.15, -0.1) is 0 Å². The first-order valence-corrected chi connectivity index (χ1v) is 7.06. The molecule has 20 heavy (non-hydrogen) atoms. The van der Waals surface area contributed by atoms with Crippen LogP contribution in [-0.4, -0.2) is 23.8 Å². The van der Waals surface area contributed by atoms with Gasteiger partial charge in [0.05, 0.1) is 11.2 Å². The molecule has 1 spiro atoms. The Kier molecular flexibility index (Phi) is 2.51. The lowest BCUT2D eigenvalue weighted by Crippen LogP contribution is -2.60. The summed E-state index contributed by atoms with van der Waals surface area (Å²) < 4.78 is 5.69. The molecule has 3 heteroatoms. The maximum absolute atomic E-state index is 5.69. The molecule has 0 fully saturated rings. The first-order chi connectivity index (χ1) is 9.85. The molecule has 2 heterocycles. The SMILES string of the molecule is COC1NC=C2c3ccccc3C=CN2C12CC=CC2. The Bertz CT molecular complexity index is 622. The van der Waals surface area contributed by atoms with Gasteiger partial charge < -0.3 is 15.0 Å². The quantitative estimate of drug-likeness (QED) is 0.791. The van der Waals surface area contributed by atoms with Crippen molar-refractivity contribution in [3.63, 3.8) is 0 Å². The highest BCUT2D eigenvalue weighted by molar-refractivity contribution is 5.78. The minimum Gasteiger partial charge on any atom is -0.362 e. The molecule has 102 valence electrons. The van der Waals surface area contributed by atoms with Crippen LogP contribution in [-0.2, 0) is 4.74 Å². The molecule has 1 unspecified atom stereocenters. The highest BCUT2D eigenvalue weighted by atomic mass is 16.5. The van der Waals surface area contributed by atoms with E-state index in [1.807, 2.05) is 0 Å². The molecule has 0 radical (unpaired) electrons. The molecular formula is C17H18N2O. The molecule has 1 aromatic rings. The minimum atomic E-state index is -0.0388. The standard InChI is InChI=1S/C17H18N2O/c1-20-16-17(9-4-5-10-17)19-11-8-13-6-2-3-7-14(13)15(19)12-18-16/h2-8,11-12,16,18H,9-10H2,1H3. The van der Waals surface area contributed by atoms with Gasteiger partial charge in [-0.05, 0) is 24.5 Å². The number of methoxy groups -OCH3 is 1. The second-order valence-electron chi connectivity index (χ2n) is 5.57. The summed E-state index contributed by atoms with van der Waals surface area (Å²) >= 11 is 0. The van der Waals surface area contributed by atoms with Crippen LogP contribution >= 0.6 is 0 Å². The maximum Gasteiger partial charge on any atom is 0.151 e. The van der Waals surface area contributed by atoms with Crippen molar-refractivity contribution in [2.45, 2.75) is 24.6 Å². The number of hydrogen-bond donors (Lipinski definition) is 1. The third kappa shape index (κ3) is 1.44. The van der Waals surface area contributed by atoms with Crippen molar-refractivity contribution in [1.82, 2.24) is 10.2 Å². The Labute approximate surface area is 119 Å². The monoisotopic (exact) mass is 266 g/mol.